The molecule has 1 aliphatic carbocycles. The first-order valence-electron chi connectivity index (χ1n) is 10.8. The minimum absolute atomic E-state index is 0. The molecule has 4 nitrogen and oxygen atoms in total. The number of hydrogen-bond donors (Lipinski definition) is 1. The predicted octanol–water partition coefficient (Wildman–Crippen LogP) is 5.63. The number of hydrogen-bond acceptors (Lipinski definition) is 4. The van der Waals surface area contributed by atoms with Gasteiger partial charge in [-0.2, -0.15) is 0 Å². The molecule has 0 bridgehead atoms. The molecule has 1 N–H and O–H groups in total. The lowest BCUT2D eigenvalue weighted by Gasteiger charge is -2.23. The van der Waals surface area contributed by atoms with Gasteiger partial charge >= 0.3 is 0 Å². The normalized spacial score (nSPS) is 24.0. The molecule has 2 aromatic carbocycles. The summed E-state index contributed by atoms with van der Waals surface area (Å²) in [4.78, 5) is 5.02. The number of amidine groups is 1. The lowest BCUT2D eigenvalue weighted by molar-refractivity contribution is 0.156. The average molecular weight is 405 g/mol. The number of benzene rings is 2. The van der Waals surface area contributed by atoms with Crippen LogP contribution in [-0.4, -0.2) is 25.6 Å². The molecule has 2 aromatic rings. The van der Waals surface area contributed by atoms with E-state index >= 15 is 0 Å². The molecule has 0 fully saturated rings. The molecule has 0 spiro atoms. The Morgan fingerprint density at radius 2 is 1.93 bits per heavy atom. The summed E-state index contributed by atoms with van der Waals surface area (Å²) in [5.41, 5.74) is 3.76. The maximum atomic E-state index is 5.99. The molecule has 158 valence electrons. The molecule has 4 heteroatoms. The van der Waals surface area contributed by atoms with Crippen molar-refractivity contribution in [1.29, 1.82) is 0 Å². The Labute approximate surface area is 180 Å². The molecule has 30 heavy (non-hydrogen) atoms. The Morgan fingerprint density at radius 3 is 2.80 bits per heavy atom. The molecule has 0 saturated carbocycles. The molecule has 0 radical (unpaired) electrons. The smallest absolute Gasteiger partial charge is 0.124 e. The lowest BCUT2D eigenvalue weighted by atomic mass is 9.91. The van der Waals surface area contributed by atoms with Crippen molar-refractivity contribution in [1.82, 2.24) is 5.32 Å². The predicted molar refractivity (Wildman–Crippen MR) is 124 cm³/mol. The van der Waals surface area contributed by atoms with Gasteiger partial charge in [0, 0.05) is 1.43 Å². The lowest BCUT2D eigenvalue weighted by Crippen LogP contribution is -2.35. The van der Waals surface area contributed by atoms with E-state index in [2.05, 4.69) is 53.9 Å². The topological polar surface area (TPSA) is 42.9 Å². The van der Waals surface area contributed by atoms with Gasteiger partial charge in [0.1, 0.15) is 24.2 Å². The Bertz CT molecular complexity index is 924. The minimum atomic E-state index is 0. The van der Waals surface area contributed by atoms with Gasteiger partial charge in [-0.15, -0.1) is 0 Å². The van der Waals surface area contributed by atoms with Crippen LogP contribution < -0.4 is 10.1 Å². The fourth-order valence-corrected chi connectivity index (χ4v) is 4.06. The average Bonchev–Trinajstić information content (AvgIpc) is 3.18. The summed E-state index contributed by atoms with van der Waals surface area (Å²) in [5, 5.41) is 3.66. The van der Waals surface area contributed by atoms with Crippen LogP contribution >= 0.6 is 0 Å². The second kappa shape index (κ2) is 10.3. The maximum Gasteiger partial charge on any atom is 0.124 e. The Morgan fingerprint density at radius 1 is 1.03 bits per heavy atom. The van der Waals surface area contributed by atoms with Gasteiger partial charge in [0.25, 0.3) is 0 Å². The van der Waals surface area contributed by atoms with Crippen LogP contribution in [0.2, 0.25) is 0 Å². The van der Waals surface area contributed by atoms with Crippen molar-refractivity contribution < 1.29 is 10.9 Å². The highest BCUT2D eigenvalue weighted by Crippen LogP contribution is 2.32. The van der Waals surface area contributed by atoms with Gasteiger partial charge < -0.3 is 14.8 Å². The van der Waals surface area contributed by atoms with Crippen molar-refractivity contribution in [2.75, 3.05) is 13.7 Å². The largest absolute Gasteiger partial charge is 0.497 e. The van der Waals surface area contributed by atoms with E-state index < -0.39 is 0 Å². The van der Waals surface area contributed by atoms with E-state index in [1.165, 1.54) is 24.0 Å². The van der Waals surface area contributed by atoms with Crippen molar-refractivity contribution in [2.24, 2.45) is 4.99 Å². The van der Waals surface area contributed by atoms with E-state index in [1.807, 2.05) is 24.3 Å². The molecule has 2 aliphatic rings. The van der Waals surface area contributed by atoms with Gasteiger partial charge in [-0.3, -0.25) is 4.99 Å². The van der Waals surface area contributed by atoms with E-state index in [4.69, 9.17) is 14.5 Å². The van der Waals surface area contributed by atoms with Gasteiger partial charge in [-0.05, 0) is 54.5 Å². The zero-order valence-corrected chi connectivity index (χ0v) is 17.6. The highest BCUT2D eigenvalue weighted by atomic mass is 16.5. The molecule has 4 rings (SSSR count). The van der Waals surface area contributed by atoms with Crippen LogP contribution in [0.1, 0.15) is 44.3 Å². The van der Waals surface area contributed by atoms with Crippen LogP contribution in [0.15, 0.2) is 83.4 Å². The number of rotatable bonds is 7. The van der Waals surface area contributed by atoms with E-state index in [-0.39, 0.29) is 13.5 Å². The van der Waals surface area contributed by atoms with Gasteiger partial charge in [0.05, 0.1) is 19.8 Å². The quantitative estimate of drug-likeness (QED) is 0.609. The molecular formula is C26H32N2O2. The summed E-state index contributed by atoms with van der Waals surface area (Å²) >= 11 is 0. The number of nitrogens with zero attached hydrogens (tertiary/aromatic N) is 1. The van der Waals surface area contributed by atoms with Crippen LogP contribution in [0.4, 0.5) is 0 Å². The zero-order chi connectivity index (χ0) is 20.6. The van der Waals surface area contributed by atoms with Crippen molar-refractivity contribution in [2.45, 2.75) is 44.4 Å². The molecule has 0 aromatic heterocycles. The maximum absolute atomic E-state index is 5.99. The van der Waals surface area contributed by atoms with Crippen LogP contribution in [0.5, 0.6) is 5.75 Å². The second-order valence-corrected chi connectivity index (χ2v) is 7.78. The third-order valence-electron chi connectivity index (χ3n) is 5.62. The highest BCUT2D eigenvalue weighted by Gasteiger charge is 2.32. The monoisotopic (exact) mass is 404 g/mol. The minimum Gasteiger partial charge on any atom is -0.497 e. The Hall–Kier alpha value is -2.85. The fourth-order valence-electron chi connectivity index (χ4n) is 4.06. The van der Waals surface area contributed by atoms with Crippen LogP contribution in [0.25, 0.3) is 0 Å². The number of allylic oxidation sites excluding steroid dienone is 3. The standard InChI is InChI=1S/C26H30N2O2.H2/c1-29-23-16-10-11-20(17-23)18-30-19-24-27-25(21-12-6-3-2-4-7-13-21)26(28-24)22-14-8-5-9-15-22;/h3,5-6,8-11,13-17,25-26H,2,4,7,12,18-19H2,1H3,(H,27,28);1H/b6-3-,21-13+;/t25-,26+;/m0./s1. The third kappa shape index (κ3) is 5.19. The van der Waals surface area contributed by atoms with Crippen molar-refractivity contribution >= 4 is 5.84 Å². The third-order valence-corrected chi connectivity index (χ3v) is 5.62. The van der Waals surface area contributed by atoms with Gasteiger partial charge in [0.15, 0.2) is 0 Å². The first-order valence-corrected chi connectivity index (χ1v) is 10.8. The number of nitrogens with one attached hydrogen (secondary N) is 1. The van der Waals surface area contributed by atoms with Crippen LogP contribution in [0.3, 0.4) is 0 Å². The Balaban J connectivity index is 0.00000272. The van der Waals surface area contributed by atoms with Crippen LogP contribution in [-0.2, 0) is 11.3 Å². The summed E-state index contributed by atoms with van der Waals surface area (Å²) in [6.07, 6.45) is 11.5. The first kappa shape index (κ1) is 20.4. The zero-order valence-electron chi connectivity index (χ0n) is 17.6. The van der Waals surface area contributed by atoms with E-state index in [0.717, 1.165) is 30.0 Å². The van der Waals surface area contributed by atoms with Gasteiger partial charge in [0.2, 0.25) is 0 Å². The molecule has 0 saturated heterocycles. The number of methoxy groups -OCH3 is 1. The number of ether oxygens (including phenoxy) is 2. The van der Waals surface area contributed by atoms with E-state index in [1.54, 1.807) is 7.11 Å². The summed E-state index contributed by atoms with van der Waals surface area (Å²) in [5.74, 6) is 1.77. The summed E-state index contributed by atoms with van der Waals surface area (Å²) < 4.78 is 11.3. The molecular weight excluding hydrogens is 372 g/mol. The number of aliphatic imine (C=N–C) groups is 1. The fraction of sp³-hybridized carbons (Fsp3) is 0.346. The SMILES string of the molecule is COc1cccc(COCC2=N[C@H](c3ccccc3)[C@H](/C3=C/CCC/C=C\C3)N2)c1.[HH]. The van der Waals surface area contributed by atoms with Crippen LogP contribution in [0, 0.1) is 0 Å². The van der Waals surface area contributed by atoms with E-state index in [0.29, 0.717) is 13.2 Å². The first-order chi connectivity index (χ1) is 14.8. The molecule has 0 amide bonds. The van der Waals surface area contributed by atoms with Gasteiger partial charge in [-0.25, -0.2) is 0 Å². The van der Waals surface area contributed by atoms with Crippen molar-refractivity contribution in [3.05, 3.63) is 89.5 Å². The van der Waals surface area contributed by atoms with E-state index in [9.17, 15) is 0 Å². The van der Waals surface area contributed by atoms with Gasteiger partial charge in [-0.1, -0.05) is 60.7 Å². The highest BCUT2D eigenvalue weighted by molar-refractivity contribution is 5.86. The molecule has 1 heterocycles. The summed E-state index contributed by atoms with van der Waals surface area (Å²) in [7, 11) is 1.68. The van der Waals surface area contributed by atoms with Crippen molar-refractivity contribution in [3.63, 3.8) is 0 Å². The summed E-state index contributed by atoms with van der Waals surface area (Å²) in [6, 6.07) is 18.8. The molecule has 2 atom stereocenters. The summed E-state index contributed by atoms with van der Waals surface area (Å²) in [6.45, 7) is 1.00. The van der Waals surface area contributed by atoms with Crippen molar-refractivity contribution in [3.8, 4) is 5.75 Å². The Kier molecular flexibility index (Phi) is 6.99. The molecule has 0 unspecified atom stereocenters. The second-order valence-electron chi connectivity index (χ2n) is 7.78. The molecule has 1 aliphatic heterocycles.